The van der Waals surface area contributed by atoms with Gasteiger partial charge < -0.3 is 9.80 Å². The molecule has 4 rings (SSSR count). The van der Waals surface area contributed by atoms with Crippen molar-refractivity contribution < 1.29 is 13.2 Å². The van der Waals surface area contributed by atoms with Crippen LogP contribution in [-0.2, 0) is 21.1 Å². The molecule has 0 saturated carbocycles. The van der Waals surface area contributed by atoms with Crippen LogP contribution in [0.2, 0.25) is 0 Å². The lowest BCUT2D eigenvalue weighted by Crippen LogP contribution is -2.49. The number of aryl methyl sites for hydroxylation is 1. The van der Waals surface area contributed by atoms with Crippen molar-refractivity contribution in [1.29, 1.82) is 0 Å². The quantitative estimate of drug-likeness (QED) is 0.759. The maximum Gasteiger partial charge on any atom is 0.227 e. The molecule has 29 heavy (non-hydrogen) atoms. The number of carbonyl (C=O) groups is 1. The van der Waals surface area contributed by atoms with E-state index in [2.05, 4.69) is 22.1 Å². The first-order valence-electron chi connectivity index (χ1n) is 10.2. The third kappa shape index (κ3) is 4.17. The molecule has 2 fully saturated rings. The number of anilines is 1. The topological polar surface area (TPSA) is 75.5 Å². The van der Waals surface area contributed by atoms with Crippen molar-refractivity contribution in [2.75, 3.05) is 42.6 Å². The molecular formula is C21H28N4O3S. The summed E-state index contributed by atoms with van der Waals surface area (Å²) in [4.78, 5) is 17.2. The molecule has 8 heteroatoms. The first kappa shape index (κ1) is 19.9. The molecule has 1 atom stereocenters. The third-order valence-electron chi connectivity index (χ3n) is 6.11. The van der Waals surface area contributed by atoms with Crippen molar-refractivity contribution in [2.45, 2.75) is 32.7 Å². The van der Waals surface area contributed by atoms with Crippen molar-refractivity contribution in [2.24, 2.45) is 0 Å². The standard InChI is InChI=1S/C21H28N4O3S/c1-16-20(17(2)25(22-16)19-8-13-29(27,28)15-19)14-21(26)24-11-9-23(10-12-24)18-6-4-3-5-7-18/h3-7,19H,8-15H2,1-2H3. The lowest BCUT2D eigenvalue weighted by atomic mass is 10.1. The minimum Gasteiger partial charge on any atom is -0.368 e. The fourth-order valence-corrected chi connectivity index (χ4v) is 6.08. The van der Waals surface area contributed by atoms with Crippen molar-refractivity contribution >= 4 is 21.4 Å². The van der Waals surface area contributed by atoms with Crippen LogP contribution in [0.3, 0.4) is 0 Å². The number of para-hydroxylation sites is 1. The van der Waals surface area contributed by atoms with Gasteiger partial charge in [0.25, 0.3) is 0 Å². The highest BCUT2D eigenvalue weighted by molar-refractivity contribution is 7.91. The number of rotatable bonds is 4. The number of hydrogen-bond acceptors (Lipinski definition) is 5. The Morgan fingerprint density at radius 3 is 2.41 bits per heavy atom. The summed E-state index contributed by atoms with van der Waals surface area (Å²) in [5.41, 5.74) is 3.87. The number of hydrogen-bond donors (Lipinski definition) is 0. The lowest BCUT2D eigenvalue weighted by Gasteiger charge is -2.36. The molecular weight excluding hydrogens is 388 g/mol. The molecule has 7 nitrogen and oxygen atoms in total. The lowest BCUT2D eigenvalue weighted by molar-refractivity contribution is -0.130. The van der Waals surface area contributed by atoms with Crippen molar-refractivity contribution in [3.63, 3.8) is 0 Å². The summed E-state index contributed by atoms with van der Waals surface area (Å²) in [6.45, 7) is 6.92. The van der Waals surface area contributed by atoms with Gasteiger partial charge in [0.05, 0.1) is 29.7 Å². The fraction of sp³-hybridized carbons (Fsp3) is 0.524. The number of sulfone groups is 1. The fourth-order valence-electron chi connectivity index (χ4n) is 4.39. The predicted molar refractivity (Wildman–Crippen MR) is 113 cm³/mol. The monoisotopic (exact) mass is 416 g/mol. The zero-order valence-corrected chi connectivity index (χ0v) is 17.9. The molecule has 0 bridgehead atoms. The minimum atomic E-state index is -2.97. The van der Waals surface area contributed by atoms with Crippen LogP contribution in [0.4, 0.5) is 5.69 Å². The van der Waals surface area contributed by atoms with Crippen LogP contribution in [0, 0.1) is 13.8 Å². The van der Waals surface area contributed by atoms with Gasteiger partial charge in [0.15, 0.2) is 9.84 Å². The van der Waals surface area contributed by atoms with Crippen molar-refractivity contribution in [3.8, 4) is 0 Å². The number of piperazine rings is 1. The van der Waals surface area contributed by atoms with Crippen LogP contribution in [0.25, 0.3) is 0 Å². The Bertz CT molecular complexity index is 992. The van der Waals surface area contributed by atoms with Crippen LogP contribution in [-0.4, -0.2) is 66.7 Å². The minimum absolute atomic E-state index is 0.113. The number of carbonyl (C=O) groups excluding carboxylic acids is 1. The van der Waals surface area contributed by atoms with Crippen LogP contribution in [0.1, 0.15) is 29.4 Å². The van der Waals surface area contributed by atoms with E-state index >= 15 is 0 Å². The molecule has 1 aromatic carbocycles. The number of nitrogens with zero attached hydrogens (tertiary/aromatic N) is 4. The van der Waals surface area contributed by atoms with E-state index in [4.69, 9.17) is 0 Å². The van der Waals surface area contributed by atoms with E-state index in [1.54, 1.807) is 0 Å². The van der Waals surface area contributed by atoms with E-state index < -0.39 is 9.84 Å². The van der Waals surface area contributed by atoms with E-state index in [0.717, 1.165) is 30.0 Å². The Morgan fingerprint density at radius 2 is 1.79 bits per heavy atom. The maximum absolute atomic E-state index is 12.9. The second kappa shape index (κ2) is 7.82. The summed E-state index contributed by atoms with van der Waals surface area (Å²) in [6, 6.07) is 10.2. The van der Waals surface area contributed by atoms with Gasteiger partial charge in [-0.2, -0.15) is 5.10 Å². The van der Waals surface area contributed by atoms with Crippen molar-refractivity contribution in [1.82, 2.24) is 14.7 Å². The highest BCUT2D eigenvalue weighted by Crippen LogP contribution is 2.27. The normalized spacial score (nSPS) is 21.5. The van der Waals surface area contributed by atoms with Crippen LogP contribution < -0.4 is 4.90 Å². The zero-order valence-electron chi connectivity index (χ0n) is 17.0. The van der Waals surface area contributed by atoms with Gasteiger partial charge in [0.1, 0.15) is 0 Å². The number of aromatic nitrogens is 2. The molecule has 156 valence electrons. The predicted octanol–water partition coefficient (Wildman–Crippen LogP) is 1.75. The molecule has 3 heterocycles. The third-order valence-corrected chi connectivity index (χ3v) is 7.86. The molecule has 0 N–H and O–H groups in total. The maximum atomic E-state index is 12.9. The van der Waals surface area contributed by atoms with E-state index in [1.807, 2.05) is 41.6 Å². The molecule has 1 unspecified atom stereocenters. The molecule has 2 aliphatic heterocycles. The van der Waals surface area contributed by atoms with Gasteiger partial charge in [0.2, 0.25) is 5.91 Å². The average molecular weight is 417 g/mol. The summed E-state index contributed by atoms with van der Waals surface area (Å²) in [5, 5.41) is 4.58. The second-order valence-electron chi connectivity index (χ2n) is 8.03. The molecule has 2 aromatic rings. The summed E-state index contributed by atoms with van der Waals surface area (Å²) in [7, 11) is -2.97. The largest absolute Gasteiger partial charge is 0.368 e. The summed E-state index contributed by atoms with van der Waals surface area (Å²) in [5.74, 6) is 0.474. The molecule has 2 saturated heterocycles. The van der Waals surface area contributed by atoms with Gasteiger partial charge in [-0.1, -0.05) is 18.2 Å². The number of amides is 1. The Kier molecular flexibility index (Phi) is 5.38. The van der Waals surface area contributed by atoms with Crippen LogP contribution in [0.15, 0.2) is 30.3 Å². The Hall–Kier alpha value is -2.35. The van der Waals surface area contributed by atoms with Gasteiger partial charge in [0, 0.05) is 43.1 Å². The van der Waals surface area contributed by atoms with Crippen molar-refractivity contribution in [3.05, 3.63) is 47.3 Å². The van der Waals surface area contributed by atoms with E-state index in [1.165, 1.54) is 5.69 Å². The Morgan fingerprint density at radius 1 is 1.10 bits per heavy atom. The number of benzene rings is 1. The van der Waals surface area contributed by atoms with Gasteiger partial charge in [-0.05, 0) is 32.4 Å². The summed E-state index contributed by atoms with van der Waals surface area (Å²) >= 11 is 0. The van der Waals surface area contributed by atoms with Gasteiger partial charge in [-0.25, -0.2) is 8.42 Å². The Balaban J connectivity index is 1.40. The van der Waals surface area contributed by atoms with Crippen LogP contribution in [0.5, 0.6) is 0 Å². The van der Waals surface area contributed by atoms with Gasteiger partial charge in [-0.3, -0.25) is 9.48 Å². The van der Waals surface area contributed by atoms with E-state index in [9.17, 15) is 13.2 Å². The average Bonchev–Trinajstić information content (AvgIpc) is 3.22. The molecule has 1 amide bonds. The van der Waals surface area contributed by atoms with E-state index in [-0.39, 0.29) is 23.5 Å². The first-order chi connectivity index (χ1) is 13.8. The molecule has 2 aliphatic rings. The smallest absolute Gasteiger partial charge is 0.227 e. The SMILES string of the molecule is Cc1nn(C2CCS(=O)(=O)C2)c(C)c1CC(=O)N1CCN(c2ccccc2)CC1. The van der Waals surface area contributed by atoms with Gasteiger partial charge >= 0.3 is 0 Å². The van der Waals surface area contributed by atoms with Crippen LogP contribution >= 0.6 is 0 Å². The summed E-state index contributed by atoms with van der Waals surface area (Å²) in [6.07, 6.45) is 0.918. The highest BCUT2D eigenvalue weighted by atomic mass is 32.2. The first-order valence-corrected chi connectivity index (χ1v) is 12.0. The Labute approximate surface area is 172 Å². The van der Waals surface area contributed by atoms with Gasteiger partial charge in [-0.15, -0.1) is 0 Å². The van der Waals surface area contributed by atoms with E-state index in [0.29, 0.717) is 25.9 Å². The highest BCUT2D eigenvalue weighted by Gasteiger charge is 2.32. The molecule has 1 aromatic heterocycles. The molecule has 0 spiro atoms. The zero-order chi connectivity index (χ0) is 20.6. The second-order valence-corrected chi connectivity index (χ2v) is 10.3. The molecule has 0 aliphatic carbocycles. The molecule has 0 radical (unpaired) electrons. The summed E-state index contributed by atoms with van der Waals surface area (Å²) < 4.78 is 25.5.